The summed E-state index contributed by atoms with van der Waals surface area (Å²) in [5, 5.41) is 16.3. The van der Waals surface area contributed by atoms with Crippen molar-refractivity contribution in [3.8, 4) is 33.4 Å². The monoisotopic (exact) mass is 755 g/mol. The maximum Gasteiger partial charge on any atom is 0.262 e. The molecule has 1 aromatic heterocycles. The lowest BCUT2D eigenvalue weighted by atomic mass is 10.0. The molecule has 2 aliphatic heterocycles. The van der Waals surface area contributed by atoms with E-state index in [0.717, 1.165) is 35.6 Å². The molecule has 3 heterocycles. The molecule has 1 unspecified atom stereocenters. The first-order valence-electron chi connectivity index (χ1n) is 15.8. The topological polar surface area (TPSA) is 144 Å². The summed E-state index contributed by atoms with van der Waals surface area (Å²) in [7, 11) is 0. The van der Waals surface area contributed by atoms with Crippen LogP contribution in [0.2, 0.25) is 0 Å². The SMILES string of the molecule is O=C1CCC(N2C(=O)c3ccc(NCCOCCOc4ccc(Oc5c(-c6ccc(Br)cc6)sc6cc(O)ccc56)cc4)cc3C2=O)C(=O)N1. The zero-order valence-electron chi connectivity index (χ0n) is 26.4. The molecule has 3 N–H and O–H groups in total. The van der Waals surface area contributed by atoms with E-state index in [2.05, 4.69) is 26.6 Å². The molecule has 1 atom stereocenters. The second-order valence-corrected chi connectivity index (χ2v) is 13.6. The summed E-state index contributed by atoms with van der Waals surface area (Å²) in [6.07, 6.45) is 0.177. The van der Waals surface area contributed by atoms with E-state index in [4.69, 9.17) is 14.2 Å². The van der Waals surface area contributed by atoms with Crippen LogP contribution in [0.5, 0.6) is 23.0 Å². The molecule has 254 valence electrons. The van der Waals surface area contributed by atoms with E-state index in [-0.39, 0.29) is 29.7 Å². The highest BCUT2D eigenvalue weighted by Crippen LogP contribution is 2.47. The molecule has 1 saturated heterocycles. The van der Waals surface area contributed by atoms with Crippen LogP contribution in [-0.2, 0) is 14.3 Å². The van der Waals surface area contributed by atoms with Gasteiger partial charge in [-0.3, -0.25) is 29.4 Å². The maximum absolute atomic E-state index is 13.0. The molecule has 1 fully saturated rings. The number of halogens is 1. The third kappa shape index (κ3) is 6.93. The maximum atomic E-state index is 13.0. The van der Waals surface area contributed by atoms with Gasteiger partial charge in [0.15, 0.2) is 5.75 Å². The number of anilines is 1. The zero-order chi connectivity index (χ0) is 34.8. The molecule has 50 heavy (non-hydrogen) atoms. The predicted octanol–water partition coefficient (Wildman–Crippen LogP) is 6.74. The number of ether oxygens (including phenoxy) is 3. The van der Waals surface area contributed by atoms with Crippen LogP contribution in [0.4, 0.5) is 5.69 Å². The Morgan fingerprint density at radius 2 is 1.62 bits per heavy atom. The number of piperidine rings is 1. The van der Waals surface area contributed by atoms with Crippen LogP contribution in [0.1, 0.15) is 33.6 Å². The fourth-order valence-corrected chi connectivity index (χ4v) is 7.28. The van der Waals surface area contributed by atoms with Gasteiger partial charge in [0.1, 0.15) is 29.9 Å². The normalized spacial score (nSPS) is 15.7. The van der Waals surface area contributed by atoms with E-state index in [1.54, 1.807) is 41.7 Å². The highest BCUT2D eigenvalue weighted by molar-refractivity contribution is 9.10. The summed E-state index contributed by atoms with van der Waals surface area (Å²) in [5.41, 5.74) is 2.08. The Morgan fingerprint density at radius 1 is 0.860 bits per heavy atom. The number of benzene rings is 4. The van der Waals surface area contributed by atoms with Crippen LogP contribution in [0.15, 0.2) is 89.4 Å². The average Bonchev–Trinajstić information content (AvgIpc) is 3.58. The first-order valence-corrected chi connectivity index (χ1v) is 17.5. The van der Waals surface area contributed by atoms with Gasteiger partial charge < -0.3 is 24.6 Å². The smallest absolute Gasteiger partial charge is 0.262 e. The number of nitrogens with zero attached hydrogens (tertiary/aromatic N) is 1. The quantitative estimate of drug-likeness (QED) is 0.0932. The van der Waals surface area contributed by atoms with Crippen LogP contribution in [-0.4, -0.2) is 66.0 Å². The van der Waals surface area contributed by atoms with Gasteiger partial charge in [0, 0.05) is 33.2 Å². The molecule has 5 aromatic rings. The molecule has 0 aliphatic carbocycles. The van der Waals surface area contributed by atoms with Crippen molar-refractivity contribution in [1.82, 2.24) is 10.2 Å². The number of phenolic OH excluding ortho intramolecular Hbond substituents is 1. The van der Waals surface area contributed by atoms with Crippen molar-refractivity contribution in [3.63, 3.8) is 0 Å². The molecular formula is C37H30BrN3O8S. The van der Waals surface area contributed by atoms with E-state index >= 15 is 0 Å². The minimum atomic E-state index is -1.00. The van der Waals surface area contributed by atoms with Gasteiger partial charge in [-0.15, -0.1) is 11.3 Å². The highest BCUT2D eigenvalue weighted by atomic mass is 79.9. The number of aromatic hydroxyl groups is 1. The Kier molecular flexibility index (Phi) is 9.52. The van der Waals surface area contributed by atoms with Gasteiger partial charge in [-0.25, -0.2) is 0 Å². The van der Waals surface area contributed by atoms with E-state index in [9.17, 15) is 24.3 Å². The standard InChI is InChI=1S/C37H30BrN3O8S/c38-22-3-1-21(2-4-22)34-33(28-12-6-24(42)20-31(28)50-34)49-26-9-7-25(8-10-26)48-18-17-47-16-15-39-23-5-11-27-29(19-23)37(46)41(36(27)45)30-13-14-32(43)40-35(30)44/h1-12,19-20,30,39,42H,13-18H2,(H,40,43,44). The van der Waals surface area contributed by atoms with Crippen molar-refractivity contribution in [1.29, 1.82) is 0 Å². The van der Waals surface area contributed by atoms with Crippen molar-refractivity contribution in [2.75, 3.05) is 31.7 Å². The van der Waals surface area contributed by atoms with Gasteiger partial charge in [0.2, 0.25) is 11.8 Å². The third-order valence-electron chi connectivity index (χ3n) is 8.29. The van der Waals surface area contributed by atoms with Crippen LogP contribution < -0.4 is 20.1 Å². The van der Waals surface area contributed by atoms with Gasteiger partial charge in [0.25, 0.3) is 11.8 Å². The molecule has 4 aromatic carbocycles. The lowest BCUT2D eigenvalue weighted by Crippen LogP contribution is -2.54. The second-order valence-electron chi connectivity index (χ2n) is 11.6. The number of imide groups is 2. The fourth-order valence-electron chi connectivity index (χ4n) is 5.85. The predicted molar refractivity (Wildman–Crippen MR) is 191 cm³/mol. The van der Waals surface area contributed by atoms with Gasteiger partial charge >= 0.3 is 0 Å². The van der Waals surface area contributed by atoms with Gasteiger partial charge in [-0.2, -0.15) is 0 Å². The molecule has 0 bridgehead atoms. The average molecular weight is 757 g/mol. The van der Waals surface area contributed by atoms with Crippen LogP contribution in [0, 0.1) is 0 Å². The van der Waals surface area contributed by atoms with Gasteiger partial charge in [0.05, 0.1) is 29.2 Å². The van der Waals surface area contributed by atoms with Crippen molar-refractivity contribution >= 4 is 66.7 Å². The number of carbonyl (C=O) groups excluding carboxylic acids is 4. The van der Waals surface area contributed by atoms with E-state index in [1.807, 2.05) is 54.6 Å². The van der Waals surface area contributed by atoms with Crippen LogP contribution >= 0.6 is 27.3 Å². The lowest BCUT2D eigenvalue weighted by molar-refractivity contribution is -0.136. The molecule has 0 radical (unpaired) electrons. The minimum absolute atomic E-state index is 0.0690. The second kappa shape index (κ2) is 14.3. The first-order chi connectivity index (χ1) is 24.2. The Morgan fingerprint density at radius 3 is 2.40 bits per heavy atom. The number of rotatable bonds is 12. The molecule has 11 nitrogen and oxygen atoms in total. The van der Waals surface area contributed by atoms with Crippen molar-refractivity contribution in [2.45, 2.75) is 18.9 Å². The minimum Gasteiger partial charge on any atom is -0.508 e. The number of carbonyl (C=O) groups is 4. The number of fused-ring (bicyclic) bond motifs is 2. The Labute approximate surface area is 298 Å². The Bertz CT molecular complexity index is 2120. The van der Waals surface area contributed by atoms with E-state index in [1.165, 1.54) is 0 Å². The van der Waals surface area contributed by atoms with Crippen molar-refractivity contribution in [2.24, 2.45) is 0 Å². The number of hydrogen-bond acceptors (Lipinski definition) is 10. The molecule has 13 heteroatoms. The summed E-state index contributed by atoms with van der Waals surface area (Å²) in [6.45, 7) is 1.50. The molecule has 0 spiro atoms. The number of nitrogens with one attached hydrogen (secondary N) is 2. The Balaban J connectivity index is 0.877. The summed E-state index contributed by atoms with van der Waals surface area (Å²) in [6, 6.07) is 24.5. The zero-order valence-corrected chi connectivity index (χ0v) is 28.8. The Hall–Kier alpha value is -5.24. The van der Waals surface area contributed by atoms with Crippen molar-refractivity contribution < 1.29 is 38.5 Å². The highest BCUT2D eigenvalue weighted by Gasteiger charge is 2.44. The number of phenols is 1. The van der Waals surface area contributed by atoms with Crippen LogP contribution in [0.3, 0.4) is 0 Å². The first kappa shape index (κ1) is 33.3. The van der Waals surface area contributed by atoms with E-state index < -0.39 is 29.7 Å². The van der Waals surface area contributed by atoms with Crippen LogP contribution in [0.25, 0.3) is 20.5 Å². The van der Waals surface area contributed by atoms with Gasteiger partial charge in [-0.1, -0.05) is 28.1 Å². The molecule has 2 aliphatic rings. The molecule has 7 rings (SSSR count). The van der Waals surface area contributed by atoms with E-state index in [0.29, 0.717) is 43.6 Å². The fraction of sp³-hybridized carbons (Fsp3) is 0.189. The summed E-state index contributed by atoms with van der Waals surface area (Å²) in [4.78, 5) is 51.6. The summed E-state index contributed by atoms with van der Waals surface area (Å²) in [5.74, 6) is 0.0797. The lowest BCUT2D eigenvalue weighted by Gasteiger charge is -2.27. The molecular weight excluding hydrogens is 726 g/mol. The van der Waals surface area contributed by atoms with Crippen molar-refractivity contribution in [3.05, 3.63) is 101 Å². The number of hydrogen-bond donors (Lipinski definition) is 3. The molecule has 4 amide bonds. The molecule has 0 saturated carbocycles. The largest absolute Gasteiger partial charge is 0.508 e. The number of thiophene rings is 1. The summed E-state index contributed by atoms with van der Waals surface area (Å²) >= 11 is 5.05. The third-order valence-corrected chi connectivity index (χ3v) is 10.0. The number of amides is 4. The summed E-state index contributed by atoms with van der Waals surface area (Å²) < 4.78 is 19.8. The van der Waals surface area contributed by atoms with Gasteiger partial charge in [-0.05, 0) is 84.8 Å².